The second kappa shape index (κ2) is 12.7. The molecule has 8 heteroatoms. The number of aryl methyl sites for hydroxylation is 1. The average Bonchev–Trinajstić information content (AvgIpc) is 3.36. The summed E-state index contributed by atoms with van der Waals surface area (Å²) in [5.41, 5.74) is 0.884. The molecule has 1 N–H and O–H groups in total. The van der Waals surface area contributed by atoms with Crippen molar-refractivity contribution in [3.8, 4) is 11.8 Å². The number of methoxy groups -OCH3 is 1. The highest BCUT2D eigenvalue weighted by atomic mass is 16.6. The summed E-state index contributed by atoms with van der Waals surface area (Å²) < 4.78 is 16.9. The van der Waals surface area contributed by atoms with E-state index in [1.165, 1.54) is 7.11 Å². The lowest BCUT2D eigenvalue weighted by atomic mass is 9.72. The first kappa shape index (κ1) is 30.0. The van der Waals surface area contributed by atoms with Crippen LogP contribution in [-0.4, -0.2) is 60.0 Å². The van der Waals surface area contributed by atoms with Crippen molar-refractivity contribution in [3.05, 3.63) is 71.3 Å². The van der Waals surface area contributed by atoms with Crippen LogP contribution in [0.5, 0.6) is 0 Å². The van der Waals surface area contributed by atoms with Crippen LogP contribution < -0.4 is 5.32 Å². The molecule has 4 rings (SSSR count). The van der Waals surface area contributed by atoms with Crippen LogP contribution in [0.15, 0.2) is 54.6 Å². The molecule has 1 heterocycles. The molecular weight excluding hydrogens is 520 g/mol. The number of benzene rings is 2. The van der Waals surface area contributed by atoms with Gasteiger partial charge in [0, 0.05) is 30.5 Å². The highest BCUT2D eigenvalue weighted by Gasteiger charge is 2.54. The number of rotatable bonds is 5. The molecule has 2 fully saturated rings. The lowest BCUT2D eigenvalue weighted by molar-refractivity contribution is -0.165. The van der Waals surface area contributed by atoms with Gasteiger partial charge in [0.15, 0.2) is 5.60 Å². The smallest absolute Gasteiger partial charge is 0.409 e. The van der Waals surface area contributed by atoms with Gasteiger partial charge in [-0.3, -0.25) is 0 Å². The molecule has 2 aromatic carbocycles. The standard InChI is InChI=1S/C33H40N2O6/c1-23-11-9-14-25(21-23)16-19-33(18-10-15-28-26(33)17-20-35(28)31(38)39-5)40-29(36)27(22-24-12-7-6-8-13-24)34-30(37)41-32(2,3)4/h6-9,11-14,21,26-28H,10,15,17-18,20,22H2,1-5H3,(H,34,37)/t26-,27+,28-,33-/m1/s1. The summed E-state index contributed by atoms with van der Waals surface area (Å²) in [6.07, 6.45) is 1.77. The molecular formula is C33H40N2O6. The summed E-state index contributed by atoms with van der Waals surface area (Å²) in [5, 5.41) is 2.74. The van der Waals surface area contributed by atoms with Crippen molar-refractivity contribution < 1.29 is 28.6 Å². The lowest BCUT2D eigenvalue weighted by Crippen LogP contribution is -2.54. The van der Waals surface area contributed by atoms with E-state index in [1.54, 1.807) is 25.7 Å². The minimum atomic E-state index is -1.14. The Morgan fingerprint density at radius 2 is 1.85 bits per heavy atom. The van der Waals surface area contributed by atoms with Crippen LogP contribution in [-0.2, 0) is 25.4 Å². The zero-order valence-corrected chi connectivity index (χ0v) is 24.6. The number of carbonyl (C=O) groups is 3. The van der Waals surface area contributed by atoms with E-state index in [0.29, 0.717) is 25.8 Å². The summed E-state index contributed by atoms with van der Waals surface area (Å²) in [6.45, 7) is 7.79. The molecule has 0 radical (unpaired) electrons. The van der Waals surface area contributed by atoms with Crippen LogP contribution in [0.4, 0.5) is 9.59 Å². The van der Waals surface area contributed by atoms with Crippen molar-refractivity contribution in [1.82, 2.24) is 10.2 Å². The predicted octanol–water partition coefficient (Wildman–Crippen LogP) is 5.41. The maximum atomic E-state index is 14.0. The van der Waals surface area contributed by atoms with Crippen LogP contribution >= 0.6 is 0 Å². The molecule has 0 aromatic heterocycles. The second-order valence-corrected chi connectivity index (χ2v) is 11.8. The predicted molar refractivity (Wildman–Crippen MR) is 155 cm³/mol. The number of esters is 1. The third kappa shape index (κ3) is 7.60. The number of nitrogens with zero attached hydrogens (tertiary/aromatic N) is 1. The Balaban J connectivity index is 1.68. The molecule has 4 atom stereocenters. The van der Waals surface area contributed by atoms with Gasteiger partial charge in [0.1, 0.15) is 11.6 Å². The first-order valence-electron chi connectivity index (χ1n) is 14.2. The fraction of sp³-hybridized carbons (Fsp3) is 0.485. The van der Waals surface area contributed by atoms with Gasteiger partial charge in [-0.05, 0) is 82.6 Å². The number of carbonyl (C=O) groups excluding carboxylic acids is 3. The van der Waals surface area contributed by atoms with E-state index in [4.69, 9.17) is 14.2 Å². The molecule has 1 saturated carbocycles. The minimum Gasteiger partial charge on any atom is -0.453 e. The van der Waals surface area contributed by atoms with E-state index in [2.05, 4.69) is 17.2 Å². The van der Waals surface area contributed by atoms with E-state index in [0.717, 1.165) is 23.1 Å². The van der Waals surface area contributed by atoms with Gasteiger partial charge >= 0.3 is 18.2 Å². The monoisotopic (exact) mass is 560 g/mol. The molecule has 0 bridgehead atoms. The molecule has 2 aromatic rings. The van der Waals surface area contributed by atoms with Gasteiger partial charge in [0.2, 0.25) is 0 Å². The number of alkyl carbamates (subject to hydrolysis) is 1. The molecule has 1 saturated heterocycles. The Kier molecular flexibility index (Phi) is 9.27. The highest BCUT2D eigenvalue weighted by Crippen LogP contribution is 2.45. The SMILES string of the molecule is COC(=O)N1CC[C@@H]2[C@H]1CCC[C@]2(C#Cc1cccc(C)c1)OC(=O)[C@H](Cc1ccccc1)NC(=O)OC(C)(C)C. The summed E-state index contributed by atoms with van der Waals surface area (Å²) in [7, 11) is 1.37. The van der Waals surface area contributed by atoms with E-state index in [9.17, 15) is 14.4 Å². The maximum absolute atomic E-state index is 14.0. The van der Waals surface area contributed by atoms with Gasteiger partial charge in [-0.1, -0.05) is 48.4 Å². The number of nitrogens with one attached hydrogen (secondary N) is 1. The highest BCUT2D eigenvalue weighted by molar-refractivity contribution is 5.82. The first-order valence-corrected chi connectivity index (χ1v) is 14.2. The first-order chi connectivity index (χ1) is 19.5. The number of ether oxygens (including phenoxy) is 3. The third-order valence-corrected chi connectivity index (χ3v) is 7.58. The largest absolute Gasteiger partial charge is 0.453 e. The number of hydrogen-bond donors (Lipinski definition) is 1. The molecule has 41 heavy (non-hydrogen) atoms. The Morgan fingerprint density at radius 1 is 1.10 bits per heavy atom. The van der Waals surface area contributed by atoms with Crippen LogP contribution in [0.25, 0.3) is 0 Å². The van der Waals surface area contributed by atoms with Crippen molar-refractivity contribution in [2.45, 2.75) is 83.1 Å². The summed E-state index contributed by atoms with van der Waals surface area (Å²) in [4.78, 5) is 41.1. The number of amides is 2. The quantitative estimate of drug-likeness (QED) is 0.299. The number of hydrogen-bond acceptors (Lipinski definition) is 6. The second-order valence-electron chi connectivity index (χ2n) is 11.8. The van der Waals surface area contributed by atoms with Crippen LogP contribution in [0.3, 0.4) is 0 Å². The third-order valence-electron chi connectivity index (χ3n) is 7.58. The van der Waals surface area contributed by atoms with Crippen LogP contribution in [0, 0.1) is 24.7 Å². The molecule has 1 aliphatic carbocycles. The normalized spacial score (nSPS) is 22.4. The zero-order chi connectivity index (χ0) is 29.6. The Labute approximate surface area is 242 Å². The van der Waals surface area contributed by atoms with E-state index >= 15 is 0 Å². The fourth-order valence-corrected chi connectivity index (χ4v) is 5.81. The van der Waals surface area contributed by atoms with E-state index in [-0.39, 0.29) is 24.5 Å². The van der Waals surface area contributed by atoms with Crippen molar-refractivity contribution >= 4 is 18.2 Å². The topological polar surface area (TPSA) is 94.2 Å². The zero-order valence-electron chi connectivity index (χ0n) is 24.6. The Bertz CT molecular complexity index is 1310. The van der Waals surface area contributed by atoms with Crippen molar-refractivity contribution in [1.29, 1.82) is 0 Å². The van der Waals surface area contributed by atoms with E-state index < -0.39 is 29.3 Å². The molecule has 218 valence electrons. The number of likely N-dealkylation sites (tertiary alicyclic amines) is 1. The average molecular weight is 561 g/mol. The van der Waals surface area contributed by atoms with Gasteiger partial charge in [0.25, 0.3) is 0 Å². The van der Waals surface area contributed by atoms with Gasteiger partial charge < -0.3 is 24.4 Å². The molecule has 1 aliphatic heterocycles. The van der Waals surface area contributed by atoms with Crippen molar-refractivity contribution in [2.75, 3.05) is 13.7 Å². The Hall–Kier alpha value is -3.99. The molecule has 0 spiro atoms. The number of fused-ring (bicyclic) bond motifs is 1. The van der Waals surface area contributed by atoms with Gasteiger partial charge in [0.05, 0.1) is 7.11 Å². The molecule has 2 aliphatic rings. The molecule has 8 nitrogen and oxygen atoms in total. The van der Waals surface area contributed by atoms with Crippen LogP contribution in [0.2, 0.25) is 0 Å². The van der Waals surface area contributed by atoms with Gasteiger partial charge in [-0.25, -0.2) is 14.4 Å². The molecule has 0 unspecified atom stereocenters. The fourth-order valence-electron chi connectivity index (χ4n) is 5.81. The van der Waals surface area contributed by atoms with E-state index in [1.807, 2.05) is 61.5 Å². The van der Waals surface area contributed by atoms with Gasteiger partial charge in [-0.2, -0.15) is 0 Å². The summed E-state index contributed by atoms with van der Waals surface area (Å²) in [5.74, 6) is 5.83. The lowest BCUT2D eigenvalue weighted by Gasteiger charge is -2.43. The minimum absolute atomic E-state index is 0.165. The van der Waals surface area contributed by atoms with Gasteiger partial charge in [-0.15, -0.1) is 0 Å². The summed E-state index contributed by atoms with van der Waals surface area (Å²) >= 11 is 0. The Morgan fingerprint density at radius 3 is 2.54 bits per heavy atom. The van der Waals surface area contributed by atoms with Crippen molar-refractivity contribution in [3.63, 3.8) is 0 Å². The van der Waals surface area contributed by atoms with Crippen LogP contribution in [0.1, 0.15) is 63.1 Å². The summed E-state index contributed by atoms with van der Waals surface area (Å²) in [6, 6.07) is 16.1. The molecule has 2 amide bonds. The maximum Gasteiger partial charge on any atom is 0.409 e. The van der Waals surface area contributed by atoms with Crippen molar-refractivity contribution in [2.24, 2.45) is 5.92 Å².